The molecular weight excluding hydrogens is 272 g/mol. The molecule has 0 aromatic heterocycles. The summed E-state index contributed by atoms with van der Waals surface area (Å²) in [5.74, 6) is 0.172. The van der Waals surface area contributed by atoms with Crippen LogP contribution in [-0.2, 0) is 17.9 Å². The van der Waals surface area contributed by atoms with Crippen molar-refractivity contribution in [3.05, 3.63) is 69.8 Å². The average Bonchev–Trinajstić information content (AvgIpc) is 2.52. The van der Waals surface area contributed by atoms with E-state index in [0.717, 1.165) is 5.56 Å². The summed E-state index contributed by atoms with van der Waals surface area (Å²) in [4.78, 5) is 10.5. The van der Waals surface area contributed by atoms with Gasteiger partial charge in [0.25, 0.3) is 0 Å². The lowest BCUT2D eigenvalue weighted by atomic mass is 10.2. The van der Waals surface area contributed by atoms with Gasteiger partial charge in [0.15, 0.2) is 12.5 Å². The summed E-state index contributed by atoms with van der Waals surface area (Å²) in [5.41, 5.74) is 7.05. The van der Waals surface area contributed by atoms with Crippen molar-refractivity contribution in [1.82, 2.24) is 0 Å². The van der Waals surface area contributed by atoms with Crippen LogP contribution in [0.15, 0.2) is 48.5 Å². The minimum atomic E-state index is -0.494. The van der Waals surface area contributed by atoms with Crippen LogP contribution in [0.25, 0.3) is 0 Å². The molecule has 0 bridgehead atoms. The van der Waals surface area contributed by atoms with E-state index in [2.05, 4.69) is 0 Å². The number of hydrogen-bond donors (Lipinski definition) is 1. The highest BCUT2D eigenvalue weighted by Crippen LogP contribution is 2.27. The number of nitro groups is 1. The molecule has 2 rings (SSSR count). The van der Waals surface area contributed by atoms with Gasteiger partial charge in [0, 0.05) is 12.6 Å². The fraction of sp³-hybridized carbons (Fsp3) is 0.200. The van der Waals surface area contributed by atoms with Gasteiger partial charge in [-0.15, -0.1) is 0 Å². The van der Waals surface area contributed by atoms with E-state index in [0.29, 0.717) is 12.2 Å². The number of ether oxygens (including phenoxy) is 2. The Bertz CT molecular complexity index is 602. The Morgan fingerprint density at radius 1 is 1.10 bits per heavy atom. The largest absolute Gasteiger partial charge is 0.460 e. The van der Waals surface area contributed by atoms with Crippen LogP contribution < -0.4 is 10.5 Å². The van der Waals surface area contributed by atoms with Gasteiger partial charge in [-0.1, -0.05) is 36.4 Å². The first kappa shape index (κ1) is 15.0. The number of benzene rings is 2. The molecule has 2 aromatic rings. The number of nitrogens with zero attached hydrogens (tertiary/aromatic N) is 1. The van der Waals surface area contributed by atoms with Gasteiger partial charge in [-0.2, -0.15) is 0 Å². The Labute approximate surface area is 122 Å². The quantitative estimate of drug-likeness (QED) is 0.366. The third kappa shape index (κ3) is 4.27. The molecule has 2 aromatic carbocycles. The van der Waals surface area contributed by atoms with Crippen molar-refractivity contribution in [3.63, 3.8) is 0 Å². The number of rotatable bonds is 7. The molecule has 0 unspecified atom stereocenters. The van der Waals surface area contributed by atoms with Gasteiger partial charge in [-0.25, -0.2) is 0 Å². The van der Waals surface area contributed by atoms with Crippen molar-refractivity contribution in [2.45, 2.75) is 13.2 Å². The number of hydrogen-bond acceptors (Lipinski definition) is 5. The third-order valence-corrected chi connectivity index (χ3v) is 2.87. The molecule has 0 amide bonds. The minimum absolute atomic E-state index is 0.0578. The molecule has 0 saturated heterocycles. The molecule has 2 N–H and O–H groups in total. The summed E-state index contributed by atoms with van der Waals surface area (Å²) in [5, 5.41) is 11.0. The summed E-state index contributed by atoms with van der Waals surface area (Å²) < 4.78 is 10.7. The SMILES string of the molecule is NCc1ccc(OCOCc2ccccc2)c([N+](=O)[O-])c1. The van der Waals surface area contributed by atoms with Crippen molar-refractivity contribution < 1.29 is 14.4 Å². The molecule has 0 atom stereocenters. The highest BCUT2D eigenvalue weighted by atomic mass is 16.7. The van der Waals surface area contributed by atoms with Crippen LogP contribution in [0.5, 0.6) is 5.75 Å². The van der Waals surface area contributed by atoms with E-state index in [4.69, 9.17) is 15.2 Å². The zero-order valence-corrected chi connectivity index (χ0v) is 11.4. The fourth-order valence-electron chi connectivity index (χ4n) is 1.79. The topological polar surface area (TPSA) is 87.6 Å². The molecule has 0 saturated carbocycles. The van der Waals surface area contributed by atoms with Crippen molar-refractivity contribution in [2.24, 2.45) is 5.73 Å². The van der Waals surface area contributed by atoms with Crippen molar-refractivity contribution in [1.29, 1.82) is 0 Å². The second-order valence-corrected chi connectivity index (χ2v) is 4.36. The first-order valence-corrected chi connectivity index (χ1v) is 6.42. The highest BCUT2D eigenvalue weighted by molar-refractivity contribution is 5.48. The molecule has 0 spiro atoms. The summed E-state index contributed by atoms with van der Waals surface area (Å²) in [7, 11) is 0. The van der Waals surface area contributed by atoms with Gasteiger partial charge < -0.3 is 15.2 Å². The van der Waals surface area contributed by atoms with Gasteiger partial charge in [-0.05, 0) is 17.2 Å². The second kappa shape index (κ2) is 7.37. The standard InChI is InChI=1S/C15H16N2O4/c16-9-13-6-7-15(14(8-13)17(18)19)21-11-20-10-12-4-2-1-3-5-12/h1-8H,9-11,16H2. The average molecular weight is 288 g/mol. The van der Waals surface area contributed by atoms with E-state index in [-0.39, 0.29) is 24.8 Å². The zero-order chi connectivity index (χ0) is 15.1. The third-order valence-electron chi connectivity index (χ3n) is 2.87. The van der Waals surface area contributed by atoms with Crippen LogP contribution in [-0.4, -0.2) is 11.7 Å². The first-order valence-electron chi connectivity index (χ1n) is 6.42. The van der Waals surface area contributed by atoms with Crippen LogP contribution in [0.1, 0.15) is 11.1 Å². The van der Waals surface area contributed by atoms with E-state index >= 15 is 0 Å². The van der Waals surface area contributed by atoms with Crippen molar-refractivity contribution in [3.8, 4) is 5.75 Å². The molecule has 110 valence electrons. The van der Waals surface area contributed by atoms with Gasteiger partial charge >= 0.3 is 5.69 Å². The van der Waals surface area contributed by atoms with Gasteiger partial charge in [0.1, 0.15) is 0 Å². The maximum atomic E-state index is 11.0. The van der Waals surface area contributed by atoms with Crippen LogP contribution >= 0.6 is 0 Å². The molecule has 0 aliphatic heterocycles. The molecule has 0 aliphatic carbocycles. The Morgan fingerprint density at radius 3 is 2.52 bits per heavy atom. The Balaban J connectivity index is 1.92. The molecule has 0 aliphatic rings. The predicted molar refractivity (Wildman–Crippen MR) is 77.7 cm³/mol. The molecular formula is C15H16N2O4. The molecule has 0 heterocycles. The summed E-state index contributed by atoms with van der Waals surface area (Å²) in [6.07, 6.45) is 0. The van der Waals surface area contributed by atoms with E-state index in [1.807, 2.05) is 30.3 Å². The number of nitrogens with two attached hydrogens (primary N) is 1. The second-order valence-electron chi connectivity index (χ2n) is 4.36. The lowest BCUT2D eigenvalue weighted by molar-refractivity contribution is -0.386. The Morgan fingerprint density at radius 2 is 1.86 bits per heavy atom. The van der Waals surface area contributed by atoms with Gasteiger partial charge in [0.2, 0.25) is 0 Å². The monoisotopic (exact) mass is 288 g/mol. The summed E-state index contributed by atoms with van der Waals surface area (Å²) in [6, 6.07) is 14.2. The van der Waals surface area contributed by atoms with Gasteiger partial charge in [-0.3, -0.25) is 10.1 Å². The maximum absolute atomic E-state index is 11.0. The predicted octanol–water partition coefficient (Wildman–Crippen LogP) is 2.61. The summed E-state index contributed by atoms with van der Waals surface area (Å²) in [6.45, 7) is 0.568. The van der Waals surface area contributed by atoms with E-state index < -0.39 is 4.92 Å². The van der Waals surface area contributed by atoms with Crippen LogP contribution in [0.2, 0.25) is 0 Å². The lowest BCUT2D eigenvalue weighted by Gasteiger charge is -2.08. The van der Waals surface area contributed by atoms with Crippen LogP contribution in [0.4, 0.5) is 5.69 Å². The summed E-state index contributed by atoms with van der Waals surface area (Å²) >= 11 is 0. The van der Waals surface area contributed by atoms with E-state index in [9.17, 15) is 10.1 Å². The van der Waals surface area contributed by atoms with E-state index in [1.165, 1.54) is 12.1 Å². The molecule has 0 radical (unpaired) electrons. The van der Waals surface area contributed by atoms with Crippen LogP contribution in [0.3, 0.4) is 0 Å². The highest BCUT2D eigenvalue weighted by Gasteiger charge is 2.15. The molecule has 0 fully saturated rings. The molecule has 6 nitrogen and oxygen atoms in total. The van der Waals surface area contributed by atoms with E-state index in [1.54, 1.807) is 6.07 Å². The fourth-order valence-corrected chi connectivity index (χ4v) is 1.79. The maximum Gasteiger partial charge on any atom is 0.311 e. The van der Waals surface area contributed by atoms with Gasteiger partial charge in [0.05, 0.1) is 11.5 Å². The van der Waals surface area contributed by atoms with Crippen LogP contribution in [0, 0.1) is 10.1 Å². The lowest BCUT2D eigenvalue weighted by Crippen LogP contribution is -2.05. The smallest absolute Gasteiger partial charge is 0.311 e. The van der Waals surface area contributed by atoms with Crippen molar-refractivity contribution >= 4 is 5.69 Å². The molecule has 21 heavy (non-hydrogen) atoms. The Hall–Kier alpha value is -2.44. The first-order chi connectivity index (χ1) is 10.2. The number of nitro benzene ring substituents is 1. The Kier molecular flexibility index (Phi) is 5.25. The molecule has 6 heteroatoms. The zero-order valence-electron chi connectivity index (χ0n) is 11.4. The minimum Gasteiger partial charge on any atom is -0.460 e. The van der Waals surface area contributed by atoms with Crippen molar-refractivity contribution in [2.75, 3.05) is 6.79 Å². The normalized spacial score (nSPS) is 10.3.